The minimum atomic E-state index is 0.196. The number of hydrogen-bond acceptors (Lipinski definition) is 3. The van der Waals surface area contributed by atoms with Gasteiger partial charge in [-0.15, -0.1) is 0 Å². The molecule has 0 atom stereocenters. The van der Waals surface area contributed by atoms with E-state index in [4.69, 9.17) is 5.11 Å². The third kappa shape index (κ3) is 3.62. The van der Waals surface area contributed by atoms with Crippen molar-refractivity contribution >= 4 is 37.7 Å². The maximum atomic E-state index is 8.58. The molecule has 1 rings (SSSR count). The Bertz CT molecular complexity index is 281. The molecule has 1 aromatic heterocycles. The van der Waals surface area contributed by atoms with Gasteiger partial charge in [-0.2, -0.15) is 0 Å². The molecule has 0 saturated carbocycles. The van der Waals surface area contributed by atoms with Crippen LogP contribution in [0.3, 0.4) is 0 Å². The number of hydrogen-bond donors (Lipinski definition) is 2. The van der Waals surface area contributed by atoms with E-state index in [1.165, 1.54) is 0 Å². The van der Waals surface area contributed by atoms with E-state index in [0.717, 1.165) is 27.7 Å². The first-order valence-corrected chi connectivity index (χ1v) is 5.48. The second-order valence-electron chi connectivity index (χ2n) is 2.49. The molecule has 0 fully saturated rings. The first kappa shape index (κ1) is 10.9. The van der Waals surface area contributed by atoms with Crippen LogP contribution in [0.5, 0.6) is 0 Å². The predicted octanol–water partition coefficient (Wildman–Crippen LogP) is 2.40. The molecule has 2 N–H and O–H groups in total. The number of aliphatic hydroxyl groups excluding tert-OH is 1. The van der Waals surface area contributed by atoms with E-state index >= 15 is 0 Å². The molecule has 0 amide bonds. The van der Waals surface area contributed by atoms with Crippen molar-refractivity contribution in [2.24, 2.45) is 0 Å². The highest BCUT2D eigenvalue weighted by Gasteiger charge is 2.00. The zero-order valence-corrected chi connectivity index (χ0v) is 10.1. The van der Waals surface area contributed by atoms with Crippen molar-refractivity contribution in [1.82, 2.24) is 4.98 Å². The van der Waals surface area contributed by atoms with Crippen molar-refractivity contribution in [3.8, 4) is 0 Å². The highest BCUT2D eigenvalue weighted by atomic mass is 79.9. The maximum Gasteiger partial charge on any atom is 0.140 e. The van der Waals surface area contributed by atoms with Crippen molar-refractivity contribution in [3.63, 3.8) is 0 Å². The molecule has 0 spiro atoms. The van der Waals surface area contributed by atoms with Crippen LogP contribution in [0.1, 0.15) is 6.42 Å². The van der Waals surface area contributed by atoms with Crippen molar-refractivity contribution in [1.29, 1.82) is 0 Å². The first-order valence-electron chi connectivity index (χ1n) is 3.90. The van der Waals surface area contributed by atoms with Crippen LogP contribution in [-0.4, -0.2) is 23.2 Å². The van der Waals surface area contributed by atoms with Crippen LogP contribution in [0.15, 0.2) is 21.2 Å². The largest absolute Gasteiger partial charge is 0.396 e. The number of aromatic nitrogens is 1. The monoisotopic (exact) mass is 308 g/mol. The van der Waals surface area contributed by atoms with Crippen LogP contribution in [0.25, 0.3) is 0 Å². The van der Waals surface area contributed by atoms with Gasteiger partial charge in [-0.1, -0.05) is 0 Å². The molecule has 0 aliphatic heterocycles. The quantitative estimate of drug-likeness (QED) is 0.840. The minimum Gasteiger partial charge on any atom is -0.396 e. The molecule has 0 bridgehead atoms. The summed E-state index contributed by atoms with van der Waals surface area (Å²) in [5.41, 5.74) is 0. The smallest absolute Gasteiger partial charge is 0.140 e. The van der Waals surface area contributed by atoms with Gasteiger partial charge in [0.2, 0.25) is 0 Å². The summed E-state index contributed by atoms with van der Waals surface area (Å²) in [6.45, 7) is 0.922. The molecule has 1 aromatic rings. The van der Waals surface area contributed by atoms with Gasteiger partial charge < -0.3 is 10.4 Å². The summed E-state index contributed by atoms with van der Waals surface area (Å²) < 4.78 is 1.85. The number of pyridine rings is 1. The van der Waals surface area contributed by atoms with Crippen LogP contribution in [0.4, 0.5) is 5.82 Å². The van der Waals surface area contributed by atoms with Gasteiger partial charge >= 0.3 is 0 Å². The van der Waals surface area contributed by atoms with E-state index < -0.39 is 0 Å². The lowest BCUT2D eigenvalue weighted by Crippen LogP contribution is -2.05. The van der Waals surface area contributed by atoms with Crippen LogP contribution in [0.2, 0.25) is 0 Å². The fourth-order valence-corrected chi connectivity index (χ4v) is 1.96. The third-order valence-electron chi connectivity index (χ3n) is 1.44. The summed E-state index contributed by atoms with van der Waals surface area (Å²) in [6.07, 6.45) is 2.45. The molecule has 0 aliphatic rings. The van der Waals surface area contributed by atoms with Gasteiger partial charge in [0.25, 0.3) is 0 Å². The lowest BCUT2D eigenvalue weighted by molar-refractivity contribution is 0.292. The fraction of sp³-hybridized carbons (Fsp3) is 0.375. The van der Waals surface area contributed by atoms with E-state index in [-0.39, 0.29) is 6.61 Å². The van der Waals surface area contributed by atoms with Crippen LogP contribution >= 0.6 is 31.9 Å². The molecule has 0 unspecified atom stereocenters. The molecule has 0 radical (unpaired) electrons. The predicted molar refractivity (Wildman–Crippen MR) is 59.8 cm³/mol. The molecular formula is C8H10Br2N2O. The summed E-state index contributed by atoms with van der Waals surface area (Å²) in [5.74, 6) is 0.802. The van der Waals surface area contributed by atoms with Gasteiger partial charge in [-0.05, 0) is 44.3 Å². The molecule has 1 heterocycles. The zero-order chi connectivity index (χ0) is 9.68. The van der Waals surface area contributed by atoms with Gasteiger partial charge in [0.05, 0.1) is 4.47 Å². The third-order valence-corrected chi connectivity index (χ3v) is 2.47. The number of rotatable bonds is 4. The molecule has 0 saturated heterocycles. The Morgan fingerprint density at radius 1 is 1.46 bits per heavy atom. The number of nitrogens with one attached hydrogen (secondary N) is 1. The standard InChI is InChI=1S/C8H10Br2N2O/c9-6-4-7(10)8(12-5-6)11-2-1-3-13/h4-5,13H,1-3H2,(H,11,12). The van der Waals surface area contributed by atoms with Crippen molar-refractivity contribution in [2.75, 3.05) is 18.5 Å². The Kier molecular flexibility index (Phi) is 4.69. The Labute approximate surface area is 93.8 Å². The molecule has 0 aliphatic carbocycles. The topological polar surface area (TPSA) is 45.1 Å². The van der Waals surface area contributed by atoms with Crippen molar-refractivity contribution in [2.45, 2.75) is 6.42 Å². The highest BCUT2D eigenvalue weighted by molar-refractivity contribution is 9.11. The Morgan fingerprint density at radius 2 is 2.23 bits per heavy atom. The van der Waals surface area contributed by atoms with Gasteiger partial charge in [0.1, 0.15) is 5.82 Å². The second kappa shape index (κ2) is 5.57. The average Bonchev–Trinajstić information content (AvgIpc) is 2.09. The zero-order valence-electron chi connectivity index (χ0n) is 6.93. The summed E-state index contributed by atoms with van der Waals surface area (Å²) in [6, 6.07) is 1.92. The van der Waals surface area contributed by atoms with Crippen LogP contribution < -0.4 is 5.32 Å². The number of nitrogens with zero attached hydrogens (tertiary/aromatic N) is 1. The molecule has 0 aromatic carbocycles. The average molecular weight is 310 g/mol. The lowest BCUT2D eigenvalue weighted by Gasteiger charge is -2.06. The van der Waals surface area contributed by atoms with Gasteiger partial charge in [0, 0.05) is 23.8 Å². The van der Waals surface area contributed by atoms with E-state index in [1.807, 2.05) is 6.07 Å². The normalized spacial score (nSPS) is 10.1. The highest BCUT2D eigenvalue weighted by Crippen LogP contribution is 2.23. The Morgan fingerprint density at radius 3 is 2.85 bits per heavy atom. The minimum absolute atomic E-state index is 0.196. The summed E-state index contributed by atoms with van der Waals surface area (Å²) >= 11 is 6.70. The van der Waals surface area contributed by atoms with Crippen LogP contribution in [0, 0.1) is 0 Å². The van der Waals surface area contributed by atoms with E-state index in [1.54, 1.807) is 6.20 Å². The summed E-state index contributed by atoms with van der Waals surface area (Å²) in [5, 5.41) is 11.7. The Balaban J connectivity index is 2.56. The molecule has 13 heavy (non-hydrogen) atoms. The van der Waals surface area contributed by atoms with Gasteiger partial charge in [-0.25, -0.2) is 4.98 Å². The first-order chi connectivity index (χ1) is 6.24. The summed E-state index contributed by atoms with van der Waals surface area (Å²) in [7, 11) is 0. The lowest BCUT2D eigenvalue weighted by atomic mass is 10.4. The fourth-order valence-electron chi connectivity index (χ4n) is 0.830. The maximum absolute atomic E-state index is 8.58. The Hall–Kier alpha value is -0.130. The molecule has 5 heteroatoms. The van der Waals surface area contributed by atoms with Gasteiger partial charge in [0.15, 0.2) is 0 Å². The second-order valence-corrected chi connectivity index (χ2v) is 4.26. The van der Waals surface area contributed by atoms with Crippen LogP contribution in [-0.2, 0) is 0 Å². The summed E-state index contributed by atoms with van der Waals surface area (Å²) in [4.78, 5) is 4.16. The molecular weight excluding hydrogens is 300 g/mol. The number of aliphatic hydroxyl groups is 1. The van der Waals surface area contributed by atoms with E-state index in [9.17, 15) is 0 Å². The molecule has 3 nitrogen and oxygen atoms in total. The SMILES string of the molecule is OCCCNc1ncc(Br)cc1Br. The van der Waals surface area contributed by atoms with Gasteiger partial charge in [-0.3, -0.25) is 0 Å². The molecule has 72 valence electrons. The number of anilines is 1. The van der Waals surface area contributed by atoms with Crippen molar-refractivity contribution < 1.29 is 5.11 Å². The number of halogens is 2. The van der Waals surface area contributed by atoms with Crippen molar-refractivity contribution in [3.05, 3.63) is 21.2 Å². The van der Waals surface area contributed by atoms with E-state index in [2.05, 4.69) is 42.2 Å². The van der Waals surface area contributed by atoms with E-state index in [0.29, 0.717) is 0 Å².